The SMILES string of the molecule is CNC(=O)CNC(=O)Nc1cccc(C)n1. The molecule has 0 atom stereocenters. The number of hydrogen-bond acceptors (Lipinski definition) is 3. The highest BCUT2D eigenvalue weighted by molar-refractivity contribution is 5.91. The Hall–Kier alpha value is -2.11. The van der Waals surface area contributed by atoms with Crippen molar-refractivity contribution in [2.24, 2.45) is 0 Å². The van der Waals surface area contributed by atoms with Crippen molar-refractivity contribution in [3.8, 4) is 0 Å². The third-order valence-electron chi connectivity index (χ3n) is 1.82. The van der Waals surface area contributed by atoms with Crippen molar-refractivity contribution in [1.82, 2.24) is 15.6 Å². The number of anilines is 1. The van der Waals surface area contributed by atoms with Crippen LogP contribution in [-0.4, -0.2) is 30.5 Å². The second-order valence-corrected chi connectivity index (χ2v) is 3.15. The molecule has 0 aliphatic carbocycles. The largest absolute Gasteiger partial charge is 0.358 e. The van der Waals surface area contributed by atoms with E-state index in [-0.39, 0.29) is 12.5 Å². The summed E-state index contributed by atoms with van der Waals surface area (Å²) in [6.07, 6.45) is 0. The maximum absolute atomic E-state index is 11.3. The van der Waals surface area contributed by atoms with Crippen LogP contribution in [0.25, 0.3) is 0 Å². The molecular formula is C10H14N4O2. The van der Waals surface area contributed by atoms with Gasteiger partial charge in [0.2, 0.25) is 5.91 Å². The number of hydrogen-bond donors (Lipinski definition) is 3. The minimum atomic E-state index is -0.457. The summed E-state index contributed by atoms with van der Waals surface area (Å²) >= 11 is 0. The monoisotopic (exact) mass is 222 g/mol. The number of aromatic nitrogens is 1. The van der Waals surface area contributed by atoms with Gasteiger partial charge in [0, 0.05) is 12.7 Å². The fourth-order valence-electron chi connectivity index (χ4n) is 1.02. The topological polar surface area (TPSA) is 83.1 Å². The average molecular weight is 222 g/mol. The highest BCUT2D eigenvalue weighted by atomic mass is 16.2. The summed E-state index contributed by atoms with van der Waals surface area (Å²) in [4.78, 5) is 26.2. The Morgan fingerprint density at radius 1 is 1.38 bits per heavy atom. The number of aryl methyl sites for hydroxylation is 1. The number of carbonyl (C=O) groups is 2. The summed E-state index contributed by atoms with van der Waals surface area (Å²) in [5.74, 6) is 0.196. The first-order valence-electron chi connectivity index (χ1n) is 4.81. The van der Waals surface area contributed by atoms with Crippen molar-refractivity contribution in [2.45, 2.75) is 6.92 Å². The molecule has 0 aliphatic rings. The molecule has 1 aromatic heterocycles. The standard InChI is InChI=1S/C10H14N4O2/c1-7-4-3-5-8(13-7)14-10(16)12-6-9(15)11-2/h3-5H,6H2,1-2H3,(H,11,15)(H2,12,13,14,16). The number of likely N-dealkylation sites (N-methyl/N-ethyl adjacent to an activating group) is 1. The zero-order valence-corrected chi connectivity index (χ0v) is 9.20. The number of carbonyl (C=O) groups excluding carboxylic acids is 2. The Morgan fingerprint density at radius 3 is 2.75 bits per heavy atom. The van der Waals surface area contributed by atoms with E-state index < -0.39 is 6.03 Å². The number of pyridine rings is 1. The number of nitrogens with one attached hydrogen (secondary N) is 3. The fraction of sp³-hybridized carbons (Fsp3) is 0.300. The lowest BCUT2D eigenvalue weighted by molar-refractivity contribution is -0.119. The van der Waals surface area contributed by atoms with Gasteiger partial charge >= 0.3 is 6.03 Å². The summed E-state index contributed by atoms with van der Waals surface area (Å²) in [6, 6.07) is 4.83. The second kappa shape index (κ2) is 5.69. The average Bonchev–Trinajstić information content (AvgIpc) is 2.26. The summed E-state index contributed by atoms with van der Waals surface area (Å²) in [5.41, 5.74) is 0.809. The normalized spacial score (nSPS) is 9.38. The number of urea groups is 1. The Bertz CT molecular complexity index is 392. The van der Waals surface area contributed by atoms with Crippen LogP contribution in [-0.2, 0) is 4.79 Å². The van der Waals surface area contributed by atoms with Gasteiger partial charge < -0.3 is 10.6 Å². The molecule has 86 valence electrons. The molecule has 1 heterocycles. The van der Waals surface area contributed by atoms with Gasteiger partial charge in [-0.1, -0.05) is 6.07 Å². The molecule has 0 aromatic carbocycles. The zero-order valence-electron chi connectivity index (χ0n) is 9.20. The molecule has 0 aliphatic heterocycles. The Kier molecular flexibility index (Phi) is 4.26. The first kappa shape index (κ1) is 12.0. The van der Waals surface area contributed by atoms with Crippen LogP contribution < -0.4 is 16.0 Å². The molecule has 0 radical (unpaired) electrons. The lowest BCUT2D eigenvalue weighted by Gasteiger charge is -2.06. The van der Waals surface area contributed by atoms with Gasteiger partial charge in [-0.15, -0.1) is 0 Å². The van der Waals surface area contributed by atoms with Crippen molar-refractivity contribution in [3.05, 3.63) is 23.9 Å². The van der Waals surface area contributed by atoms with Crippen molar-refractivity contribution in [3.63, 3.8) is 0 Å². The molecule has 3 N–H and O–H groups in total. The number of nitrogens with zero attached hydrogens (tertiary/aromatic N) is 1. The Morgan fingerprint density at radius 2 is 2.12 bits per heavy atom. The van der Waals surface area contributed by atoms with Gasteiger partial charge in [-0.05, 0) is 19.1 Å². The summed E-state index contributed by atoms with van der Waals surface area (Å²) < 4.78 is 0. The molecule has 0 unspecified atom stereocenters. The molecule has 1 rings (SSSR count). The van der Waals surface area contributed by atoms with Gasteiger partial charge in [-0.3, -0.25) is 10.1 Å². The molecule has 16 heavy (non-hydrogen) atoms. The predicted octanol–water partition coefficient (Wildman–Crippen LogP) is 0.258. The van der Waals surface area contributed by atoms with Crippen LogP contribution in [0, 0.1) is 6.92 Å². The van der Waals surface area contributed by atoms with Crippen molar-refractivity contribution >= 4 is 17.8 Å². The first-order chi connectivity index (χ1) is 7.61. The highest BCUT2D eigenvalue weighted by Crippen LogP contribution is 2.02. The Balaban J connectivity index is 2.43. The van der Waals surface area contributed by atoms with Crippen molar-refractivity contribution in [2.75, 3.05) is 18.9 Å². The van der Waals surface area contributed by atoms with Crippen molar-refractivity contribution < 1.29 is 9.59 Å². The molecule has 0 fully saturated rings. The van der Waals surface area contributed by atoms with E-state index in [0.29, 0.717) is 5.82 Å². The van der Waals surface area contributed by atoms with Gasteiger partial charge in [0.1, 0.15) is 5.82 Å². The Labute approximate surface area is 93.4 Å². The molecular weight excluding hydrogens is 208 g/mol. The first-order valence-corrected chi connectivity index (χ1v) is 4.81. The number of amides is 3. The molecule has 0 spiro atoms. The third-order valence-corrected chi connectivity index (χ3v) is 1.82. The van der Waals surface area contributed by atoms with Crippen LogP contribution in [0.5, 0.6) is 0 Å². The minimum Gasteiger partial charge on any atom is -0.358 e. The highest BCUT2D eigenvalue weighted by Gasteiger charge is 2.04. The maximum Gasteiger partial charge on any atom is 0.320 e. The quantitative estimate of drug-likeness (QED) is 0.686. The minimum absolute atomic E-state index is 0.0614. The molecule has 0 saturated heterocycles. The molecule has 6 nitrogen and oxygen atoms in total. The van der Waals surface area contributed by atoms with E-state index in [2.05, 4.69) is 20.9 Å². The summed E-state index contributed by atoms with van der Waals surface area (Å²) in [5, 5.41) is 7.32. The molecule has 1 aromatic rings. The maximum atomic E-state index is 11.3. The van der Waals surface area contributed by atoms with Crippen molar-refractivity contribution in [1.29, 1.82) is 0 Å². The lowest BCUT2D eigenvalue weighted by atomic mass is 10.4. The van der Waals surface area contributed by atoms with E-state index in [9.17, 15) is 9.59 Å². The fourth-order valence-corrected chi connectivity index (χ4v) is 1.02. The molecule has 0 bridgehead atoms. The van der Waals surface area contributed by atoms with Crippen LogP contribution in [0.1, 0.15) is 5.69 Å². The second-order valence-electron chi connectivity index (χ2n) is 3.15. The van der Waals surface area contributed by atoms with E-state index in [1.165, 1.54) is 7.05 Å². The molecule has 6 heteroatoms. The lowest BCUT2D eigenvalue weighted by Crippen LogP contribution is -2.37. The van der Waals surface area contributed by atoms with Gasteiger partial charge in [0.05, 0.1) is 6.54 Å². The van der Waals surface area contributed by atoms with Gasteiger partial charge in [0.25, 0.3) is 0 Å². The zero-order chi connectivity index (χ0) is 12.0. The molecule has 3 amide bonds. The summed E-state index contributed by atoms with van der Waals surface area (Å²) in [7, 11) is 1.50. The smallest absolute Gasteiger partial charge is 0.320 e. The van der Waals surface area contributed by atoms with E-state index in [1.807, 2.05) is 13.0 Å². The van der Waals surface area contributed by atoms with E-state index >= 15 is 0 Å². The van der Waals surface area contributed by atoms with E-state index in [1.54, 1.807) is 12.1 Å². The van der Waals surface area contributed by atoms with Crippen LogP contribution in [0.3, 0.4) is 0 Å². The molecule has 0 saturated carbocycles. The summed E-state index contributed by atoms with van der Waals surface area (Å²) in [6.45, 7) is 1.77. The predicted molar refractivity (Wildman–Crippen MR) is 60.1 cm³/mol. The van der Waals surface area contributed by atoms with Crippen LogP contribution in [0.4, 0.5) is 10.6 Å². The third kappa shape index (κ3) is 3.95. The van der Waals surface area contributed by atoms with Gasteiger partial charge in [-0.25, -0.2) is 9.78 Å². The number of rotatable bonds is 3. The van der Waals surface area contributed by atoms with Crippen LogP contribution in [0.2, 0.25) is 0 Å². The van der Waals surface area contributed by atoms with E-state index in [0.717, 1.165) is 5.69 Å². The van der Waals surface area contributed by atoms with Gasteiger partial charge in [-0.2, -0.15) is 0 Å². The van der Waals surface area contributed by atoms with Gasteiger partial charge in [0.15, 0.2) is 0 Å². The van der Waals surface area contributed by atoms with Crippen LogP contribution in [0.15, 0.2) is 18.2 Å². The van der Waals surface area contributed by atoms with E-state index in [4.69, 9.17) is 0 Å². The van der Waals surface area contributed by atoms with Crippen LogP contribution >= 0.6 is 0 Å².